The number of carbonyl (C=O) groups is 1. The molecule has 1 fully saturated rings. The molecule has 1 aromatic carbocycles. The minimum Gasteiger partial charge on any atom is -0.478 e. The van der Waals surface area contributed by atoms with Crippen LogP contribution in [-0.4, -0.2) is 36.9 Å². The van der Waals surface area contributed by atoms with Gasteiger partial charge in [0.2, 0.25) is 10.0 Å². The van der Waals surface area contributed by atoms with Crippen LogP contribution in [0.2, 0.25) is 0 Å². The summed E-state index contributed by atoms with van der Waals surface area (Å²) in [5, 5.41) is 9.10. The first-order chi connectivity index (χ1) is 9.03. The highest BCUT2D eigenvalue weighted by Crippen LogP contribution is 2.23. The molecule has 19 heavy (non-hydrogen) atoms. The van der Waals surface area contributed by atoms with E-state index < -0.39 is 16.0 Å². The van der Waals surface area contributed by atoms with Gasteiger partial charge in [-0.15, -0.1) is 0 Å². The van der Waals surface area contributed by atoms with Crippen LogP contribution in [0.3, 0.4) is 0 Å². The van der Waals surface area contributed by atoms with Crippen molar-refractivity contribution in [3.05, 3.63) is 29.8 Å². The molecular formula is C13H17NO4S. The Bertz CT molecular complexity index is 560. The van der Waals surface area contributed by atoms with Crippen molar-refractivity contribution in [2.45, 2.75) is 30.6 Å². The Kier molecular flexibility index (Phi) is 4.21. The van der Waals surface area contributed by atoms with Crippen molar-refractivity contribution in [3.63, 3.8) is 0 Å². The van der Waals surface area contributed by atoms with Crippen molar-refractivity contribution in [1.29, 1.82) is 0 Å². The molecule has 1 N–H and O–H groups in total. The first kappa shape index (κ1) is 14.0. The minimum atomic E-state index is -3.71. The van der Waals surface area contributed by atoms with E-state index in [9.17, 15) is 13.2 Å². The van der Waals surface area contributed by atoms with Gasteiger partial charge in [0.15, 0.2) is 0 Å². The minimum absolute atomic E-state index is 0.107. The zero-order chi connectivity index (χ0) is 13.9. The Morgan fingerprint density at radius 1 is 1.05 bits per heavy atom. The summed E-state index contributed by atoms with van der Waals surface area (Å²) >= 11 is 0. The normalized spacial score (nSPS) is 17.9. The number of hydrogen-bond acceptors (Lipinski definition) is 3. The van der Waals surface area contributed by atoms with Gasteiger partial charge in [0.1, 0.15) is 0 Å². The van der Waals surface area contributed by atoms with Crippen LogP contribution in [0.1, 0.15) is 36.0 Å². The molecule has 104 valence electrons. The van der Waals surface area contributed by atoms with Gasteiger partial charge in [-0.25, -0.2) is 13.2 Å². The van der Waals surface area contributed by atoms with Gasteiger partial charge in [-0.05, 0) is 25.0 Å². The SMILES string of the molecule is O=C(O)c1ccccc1S(=O)(=O)N1CCCCCC1. The van der Waals surface area contributed by atoms with E-state index in [0.29, 0.717) is 13.1 Å². The molecule has 1 aliphatic rings. The van der Waals surface area contributed by atoms with E-state index in [2.05, 4.69) is 0 Å². The molecule has 1 saturated heterocycles. The Hall–Kier alpha value is -1.40. The van der Waals surface area contributed by atoms with E-state index in [4.69, 9.17) is 5.11 Å². The molecule has 1 aromatic rings. The van der Waals surface area contributed by atoms with Gasteiger partial charge in [0.25, 0.3) is 0 Å². The van der Waals surface area contributed by atoms with Crippen LogP contribution >= 0.6 is 0 Å². The van der Waals surface area contributed by atoms with Crippen LogP contribution < -0.4 is 0 Å². The number of benzene rings is 1. The summed E-state index contributed by atoms with van der Waals surface area (Å²) < 4.78 is 26.5. The van der Waals surface area contributed by atoms with Crippen molar-refractivity contribution >= 4 is 16.0 Å². The molecular weight excluding hydrogens is 266 g/mol. The molecule has 5 nitrogen and oxygen atoms in total. The van der Waals surface area contributed by atoms with Gasteiger partial charge in [0.05, 0.1) is 10.5 Å². The first-order valence-corrected chi connectivity index (χ1v) is 7.80. The average Bonchev–Trinajstić information content (AvgIpc) is 2.68. The zero-order valence-electron chi connectivity index (χ0n) is 10.6. The monoisotopic (exact) mass is 283 g/mol. The third kappa shape index (κ3) is 2.96. The maximum atomic E-state index is 12.5. The molecule has 0 atom stereocenters. The highest BCUT2D eigenvalue weighted by Gasteiger charge is 2.28. The number of nitrogens with zero attached hydrogens (tertiary/aromatic N) is 1. The first-order valence-electron chi connectivity index (χ1n) is 6.36. The second kappa shape index (κ2) is 5.71. The summed E-state index contributed by atoms with van der Waals surface area (Å²) in [5.74, 6) is -1.21. The van der Waals surface area contributed by atoms with Crippen molar-refractivity contribution in [2.75, 3.05) is 13.1 Å². The van der Waals surface area contributed by atoms with Gasteiger partial charge < -0.3 is 5.11 Å². The lowest BCUT2D eigenvalue weighted by atomic mass is 10.2. The lowest BCUT2D eigenvalue weighted by Gasteiger charge is -2.20. The van der Waals surface area contributed by atoms with Crippen molar-refractivity contribution in [1.82, 2.24) is 4.31 Å². The fourth-order valence-electron chi connectivity index (χ4n) is 2.29. The number of carboxylic acid groups (broad SMARTS) is 1. The van der Waals surface area contributed by atoms with Gasteiger partial charge in [-0.1, -0.05) is 25.0 Å². The number of rotatable bonds is 3. The average molecular weight is 283 g/mol. The topological polar surface area (TPSA) is 74.7 Å². The molecule has 0 unspecified atom stereocenters. The molecule has 1 heterocycles. The van der Waals surface area contributed by atoms with Crippen LogP contribution in [0.4, 0.5) is 0 Å². The van der Waals surface area contributed by atoms with Crippen LogP contribution in [0.15, 0.2) is 29.2 Å². The molecule has 6 heteroatoms. The maximum Gasteiger partial charge on any atom is 0.337 e. The molecule has 0 radical (unpaired) electrons. The Morgan fingerprint density at radius 2 is 1.63 bits per heavy atom. The van der Waals surface area contributed by atoms with E-state index in [0.717, 1.165) is 25.7 Å². The third-order valence-corrected chi connectivity index (χ3v) is 5.26. The van der Waals surface area contributed by atoms with Crippen molar-refractivity contribution < 1.29 is 18.3 Å². The van der Waals surface area contributed by atoms with Crippen LogP contribution in [-0.2, 0) is 10.0 Å². The molecule has 0 bridgehead atoms. The van der Waals surface area contributed by atoms with Crippen LogP contribution in [0, 0.1) is 0 Å². The molecule has 0 aliphatic carbocycles. The Balaban J connectivity index is 2.41. The molecule has 0 amide bonds. The van der Waals surface area contributed by atoms with Crippen LogP contribution in [0.5, 0.6) is 0 Å². The van der Waals surface area contributed by atoms with E-state index >= 15 is 0 Å². The van der Waals surface area contributed by atoms with Gasteiger partial charge in [-0.3, -0.25) is 0 Å². The second-order valence-electron chi connectivity index (χ2n) is 4.62. The predicted octanol–water partition coefficient (Wildman–Crippen LogP) is 1.95. The second-order valence-corrected chi connectivity index (χ2v) is 6.53. The molecule has 0 saturated carbocycles. The quantitative estimate of drug-likeness (QED) is 0.920. The Morgan fingerprint density at radius 3 is 2.21 bits per heavy atom. The number of hydrogen-bond donors (Lipinski definition) is 1. The highest BCUT2D eigenvalue weighted by molar-refractivity contribution is 7.89. The Labute approximate surface area is 112 Å². The number of carboxylic acids is 1. The standard InChI is InChI=1S/C13H17NO4S/c15-13(16)11-7-3-4-8-12(11)19(17,18)14-9-5-1-2-6-10-14/h3-4,7-8H,1-2,5-6,9-10H2,(H,15,16). The lowest BCUT2D eigenvalue weighted by Crippen LogP contribution is -2.32. The summed E-state index contributed by atoms with van der Waals surface area (Å²) in [4.78, 5) is 11.0. The molecule has 2 rings (SSSR count). The summed E-state index contributed by atoms with van der Waals surface area (Å²) in [7, 11) is -3.71. The van der Waals surface area contributed by atoms with Crippen molar-refractivity contribution in [3.8, 4) is 0 Å². The fraction of sp³-hybridized carbons (Fsp3) is 0.462. The van der Waals surface area contributed by atoms with Gasteiger partial charge >= 0.3 is 5.97 Å². The number of sulfonamides is 1. The van der Waals surface area contributed by atoms with E-state index in [1.54, 1.807) is 6.07 Å². The summed E-state index contributed by atoms with van der Waals surface area (Å²) in [6.07, 6.45) is 3.70. The number of aromatic carboxylic acids is 1. The summed E-state index contributed by atoms with van der Waals surface area (Å²) in [6.45, 7) is 0.937. The lowest BCUT2D eigenvalue weighted by molar-refractivity contribution is 0.0692. The van der Waals surface area contributed by atoms with Crippen molar-refractivity contribution in [2.24, 2.45) is 0 Å². The molecule has 0 spiro atoms. The largest absolute Gasteiger partial charge is 0.478 e. The van der Waals surface area contributed by atoms with Crippen LogP contribution in [0.25, 0.3) is 0 Å². The zero-order valence-corrected chi connectivity index (χ0v) is 11.4. The third-order valence-electron chi connectivity index (χ3n) is 3.30. The van der Waals surface area contributed by atoms with E-state index in [-0.39, 0.29) is 10.5 Å². The summed E-state index contributed by atoms with van der Waals surface area (Å²) in [6, 6.07) is 5.78. The van der Waals surface area contributed by atoms with Gasteiger partial charge in [-0.2, -0.15) is 4.31 Å². The smallest absolute Gasteiger partial charge is 0.337 e. The summed E-state index contributed by atoms with van der Waals surface area (Å²) in [5.41, 5.74) is -0.160. The van der Waals surface area contributed by atoms with E-state index in [1.807, 2.05) is 0 Å². The predicted molar refractivity (Wildman–Crippen MR) is 70.6 cm³/mol. The molecule has 0 aromatic heterocycles. The molecule has 1 aliphatic heterocycles. The fourth-order valence-corrected chi connectivity index (χ4v) is 3.99. The maximum absolute atomic E-state index is 12.5. The van der Waals surface area contributed by atoms with Gasteiger partial charge in [0, 0.05) is 13.1 Å². The highest BCUT2D eigenvalue weighted by atomic mass is 32.2. The van der Waals surface area contributed by atoms with E-state index in [1.165, 1.54) is 22.5 Å².